The average molecular weight is 533 g/mol. The summed E-state index contributed by atoms with van der Waals surface area (Å²) in [5, 5.41) is 6.35. The zero-order valence-corrected chi connectivity index (χ0v) is 20.1. The fraction of sp³-hybridized carbons (Fsp3) is 0.381. The van der Waals surface area contributed by atoms with Crippen molar-refractivity contribution in [2.75, 3.05) is 25.9 Å². The molecule has 8 heteroatoms. The monoisotopic (exact) mass is 533 g/mol. The van der Waals surface area contributed by atoms with E-state index in [9.17, 15) is 12.8 Å². The van der Waals surface area contributed by atoms with Gasteiger partial charge in [-0.15, -0.1) is 24.0 Å². The van der Waals surface area contributed by atoms with Crippen LogP contribution in [0.4, 0.5) is 4.39 Å². The first-order chi connectivity index (χ1) is 13.2. The number of halogens is 2. The SMILES string of the molecule is CN=C(NCCCS(=O)(=O)c1ccccc1)NCC(C)(C)c1cccc(F)c1.I. The number of sulfone groups is 1. The summed E-state index contributed by atoms with van der Waals surface area (Å²) in [6.45, 7) is 5.08. The molecule has 5 nitrogen and oxygen atoms in total. The number of nitrogens with zero attached hydrogens (tertiary/aromatic N) is 1. The number of hydrogen-bond acceptors (Lipinski definition) is 3. The number of rotatable bonds is 8. The minimum Gasteiger partial charge on any atom is -0.356 e. The Bertz CT molecular complexity index is 903. The third kappa shape index (κ3) is 7.93. The van der Waals surface area contributed by atoms with E-state index < -0.39 is 9.84 Å². The zero-order chi connectivity index (χ0) is 20.6. The van der Waals surface area contributed by atoms with E-state index in [-0.39, 0.29) is 41.0 Å². The highest BCUT2D eigenvalue weighted by atomic mass is 127. The summed E-state index contributed by atoms with van der Waals surface area (Å²) >= 11 is 0. The standard InChI is InChI=1S/C21H28FN3O2S.HI/c1-21(2,17-9-7-10-18(22)15-17)16-25-20(23-3)24-13-8-14-28(26,27)19-11-5-4-6-12-19;/h4-7,9-12,15H,8,13-14,16H2,1-3H3,(H2,23,24,25);1H. The largest absolute Gasteiger partial charge is 0.356 e. The van der Waals surface area contributed by atoms with Crippen molar-refractivity contribution in [2.24, 2.45) is 4.99 Å². The van der Waals surface area contributed by atoms with Gasteiger partial charge in [0, 0.05) is 25.6 Å². The van der Waals surface area contributed by atoms with Crippen LogP contribution in [-0.2, 0) is 15.3 Å². The molecule has 0 saturated heterocycles. The van der Waals surface area contributed by atoms with Gasteiger partial charge in [0.2, 0.25) is 0 Å². The number of guanidine groups is 1. The first-order valence-corrected chi connectivity index (χ1v) is 10.9. The highest BCUT2D eigenvalue weighted by Crippen LogP contribution is 2.22. The van der Waals surface area contributed by atoms with Crippen LogP contribution in [-0.4, -0.2) is 40.3 Å². The number of benzene rings is 2. The van der Waals surface area contributed by atoms with Gasteiger partial charge >= 0.3 is 0 Å². The normalized spacial score (nSPS) is 12.2. The maximum absolute atomic E-state index is 13.5. The summed E-state index contributed by atoms with van der Waals surface area (Å²) in [5.74, 6) is 0.393. The summed E-state index contributed by atoms with van der Waals surface area (Å²) in [5.41, 5.74) is 0.598. The highest BCUT2D eigenvalue weighted by Gasteiger charge is 2.21. The Labute approximate surface area is 190 Å². The van der Waals surface area contributed by atoms with E-state index in [4.69, 9.17) is 0 Å². The van der Waals surface area contributed by atoms with E-state index in [1.165, 1.54) is 12.1 Å². The van der Waals surface area contributed by atoms with Gasteiger partial charge in [0.1, 0.15) is 5.82 Å². The molecule has 0 aromatic heterocycles. The molecule has 160 valence electrons. The zero-order valence-electron chi connectivity index (χ0n) is 17.0. The second kappa shape index (κ2) is 11.5. The van der Waals surface area contributed by atoms with Crippen molar-refractivity contribution >= 4 is 39.8 Å². The number of hydrogen-bond donors (Lipinski definition) is 2. The molecule has 0 aliphatic carbocycles. The molecular formula is C21H29FIN3O2S. The quantitative estimate of drug-likeness (QED) is 0.235. The van der Waals surface area contributed by atoms with Crippen LogP contribution >= 0.6 is 24.0 Å². The highest BCUT2D eigenvalue weighted by molar-refractivity contribution is 14.0. The Hall–Kier alpha value is -1.68. The van der Waals surface area contributed by atoms with Crippen molar-refractivity contribution < 1.29 is 12.8 Å². The molecule has 2 N–H and O–H groups in total. The van der Waals surface area contributed by atoms with Gasteiger partial charge in [0.15, 0.2) is 15.8 Å². The van der Waals surface area contributed by atoms with Gasteiger partial charge in [-0.05, 0) is 36.2 Å². The summed E-state index contributed by atoms with van der Waals surface area (Å²) in [6.07, 6.45) is 0.464. The van der Waals surface area contributed by atoms with Crippen molar-refractivity contribution in [1.29, 1.82) is 0 Å². The average Bonchev–Trinajstić information content (AvgIpc) is 2.68. The lowest BCUT2D eigenvalue weighted by molar-refractivity contribution is 0.503. The lowest BCUT2D eigenvalue weighted by Gasteiger charge is -2.26. The van der Waals surface area contributed by atoms with E-state index in [1.807, 2.05) is 19.9 Å². The molecule has 2 aromatic rings. The van der Waals surface area contributed by atoms with E-state index in [1.54, 1.807) is 43.4 Å². The second-order valence-corrected chi connectivity index (χ2v) is 9.34. The molecule has 0 saturated carbocycles. The first-order valence-electron chi connectivity index (χ1n) is 9.23. The second-order valence-electron chi connectivity index (χ2n) is 7.23. The van der Waals surface area contributed by atoms with E-state index >= 15 is 0 Å². The summed E-state index contributed by atoms with van der Waals surface area (Å²) in [7, 11) is -1.62. The van der Waals surface area contributed by atoms with Crippen LogP contribution in [0.15, 0.2) is 64.5 Å². The molecule has 0 heterocycles. The van der Waals surface area contributed by atoms with Gasteiger partial charge in [-0.1, -0.05) is 44.2 Å². The van der Waals surface area contributed by atoms with Crippen molar-refractivity contribution in [2.45, 2.75) is 30.6 Å². The van der Waals surface area contributed by atoms with Gasteiger partial charge in [0.05, 0.1) is 10.6 Å². The summed E-state index contributed by atoms with van der Waals surface area (Å²) in [4.78, 5) is 4.51. The van der Waals surface area contributed by atoms with E-state index in [0.717, 1.165) is 5.56 Å². The topological polar surface area (TPSA) is 70.6 Å². The molecule has 29 heavy (non-hydrogen) atoms. The lowest BCUT2D eigenvalue weighted by Crippen LogP contribution is -2.43. The molecule has 2 rings (SSSR count). The predicted octanol–water partition coefficient (Wildman–Crippen LogP) is 3.75. The smallest absolute Gasteiger partial charge is 0.191 e. The third-order valence-electron chi connectivity index (χ3n) is 4.51. The van der Waals surface area contributed by atoms with Crippen LogP contribution in [0.1, 0.15) is 25.8 Å². The minimum absolute atomic E-state index is 0. The molecular weight excluding hydrogens is 504 g/mol. The Morgan fingerprint density at radius 3 is 2.38 bits per heavy atom. The van der Waals surface area contributed by atoms with E-state index in [0.29, 0.717) is 30.4 Å². The van der Waals surface area contributed by atoms with Crippen LogP contribution in [0.25, 0.3) is 0 Å². The number of nitrogens with one attached hydrogen (secondary N) is 2. The maximum atomic E-state index is 13.5. The fourth-order valence-corrected chi connectivity index (χ4v) is 4.08. The van der Waals surface area contributed by atoms with Gasteiger partial charge in [-0.3, -0.25) is 4.99 Å². The van der Waals surface area contributed by atoms with Crippen molar-refractivity contribution in [1.82, 2.24) is 10.6 Å². The molecule has 0 aliphatic rings. The molecule has 0 aliphatic heterocycles. The number of aliphatic imine (C=N–C) groups is 1. The summed E-state index contributed by atoms with van der Waals surface area (Å²) in [6, 6.07) is 15.0. The van der Waals surface area contributed by atoms with Crippen LogP contribution < -0.4 is 10.6 Å². The van der Waals surface area contributed by atoms with Gasteiger partial charge in [-0.2, -0.15) is 0 Å². The fourth-order valence-electron chi connectivity index (χ4n) is 2.75. The molecule has 2 aromatic carbocycles. The molecule has 0 fully saturated rings. The molecule has 0 amide bonds. The molecule has 0 spiro atoms. The van der Waals surface area contributed by atoms with Crippen molar-refractivity contribution in [3.63, 3.8) is 0 Å². The molecule has 0 atom stereocenters. The molecule has 0 radical (unpaired) electrons. The Kier molecular flexibility index (Phi) is 10.0. The Morgan fingerprint density at radius 2 is 1.76 bits per heavy atom. The van der Waals surface area contributed by atoms with Crippen LogP contribution in [0, 0.1) is 5.82 Å². The van der Waals surface area contributed by atoms with Gasteiger partial charge < -0.3 is 10.6 Å². The molecule has 0 bridgehead atoms. The minimum atomic E-state index is -3.28. The Morgan fingerprint density at radius 1 is 1.07 bits per heavy atom. The van der Waals surface area contributed by atoms with Crippen molar-refractivity contribution in [3.8, 4) is 0 Å². The predicted molar refractivity (Wildman–Crippen MR) is 127 cm³/mol. The Balaban J connectivity index is 0.00000420. The maximum Gasteiger partial charge on any atom is 0.191 e. The third-order valence-corrected chi connectivity index (χ3v) is 6.33. The summed E-state index contributed by atoms with van der Waals surface area (Å²) < 4.78 is 38.0. The lowest BCUT2D eigenvalue weighted by atomic mass is 9.84. The van der Waals surface area contributed by atoms with Gasteiger partial charge in [0.25, 0.3) is 0 Å². The van der Waals surface area contributed by atoms with Crippen LogP contribution in [0.2, 0.25) is 0 Å². The van der Waals surface area contributed by atoms with E-state index in [2.05, 4.69) is 15.6 Å². The molecule has 0 unspecified atom stereocenters. The first kappa shape index (κ1) is 25.4. The van der Waals surface area contributed by atoms with Crippen molar-refractivity contribution in [3.05, 3.63) is 66.0 Å². The van der Waals surface area contributed by atoms with Gasteiger partial charge in [-0.25, -0.2) is 12.8 Å². The van der Waals surface area contributed by atoms with Crippen LogP contribution in [0.3, 0.4) is 0 Å². The van der Waals surface area contributed by atoms with Crippen LogP contribution in [0.5, 0.6) is 0 Å².